The molecule has 0 aromatic carbocycles. The summed E-state index contributed by atoms with van der Waals surface area (Å²) >= 11 is 0. The Morgan fingerprint density at radius 3 is 2.72 bits per heavy atom. The van der Waals surface area contributed by atoms with Crippen LogP contribution in [0.1, 0.15) is 41.6 Å². The normalized spacial score (nSPS) is 14.9. The Morgan fingerprint density at radius 2 is 2.03 bits per heavy atom. The Labute approximate surface area is 169 Å². The molecule has 8 nitrogen and oxygen atoms in total. The molecule has 1 fully saturated rings. The van der Waals surface area contributed by atoms with Gasteiger partial charge in [0.25, 0.3) is 0 Å². The lowest BCUT2D eigenvalue weighted by Crippen LogP contribution is -2.40. The molecule has 3 heterocycles. The van der Waals surface area contributed by atoms with Crippen LogP contribution < -0.4 is 5.32 Å². The molecule has 1 aliphatic heterocycles. The van der Waals surface area contributed by atoms with E-state index in [0.717, 1.165) is 12.8 Å². The minimum atomic E-state index is -0.356. The average Bonchev–Trinajstić information content (AvgIpc) is 3.43. The van der Waals surface area contributed by atoms with Crippen molar-refractivity contribution >= 4 is 23.9 Å². The predicted octanol–water partition coefficient (Wildman–Crippen LogP) is 2.25. The van der Waals surface area contributed by atoms with Gasteiger partial charge in [-0.3, -0.25) is 9.59 Å². The van der Waals surface area contributed by atoms with Gasteiger partial charge in [-0.2, -0.15) is 0 Å². The van der Waals surface area contributed by atoms with E-state index < -0.39 is 0 Å². The first-order valence-electron chi connectivity index (χ1n) is 9.61. The number of nitrogens with zero attached hydrogens (tertiary/aromatic N) is 2. The maximum atomic E-state index is 12.4. The molecule has 1 aliphatic rings. The van der Waals surface area contributed by atoms with E-state index in [-0.39, 0.29) is 36.8 Å². The molecule has 0 spiro atoms. The van der Waals surface area contributed by atoms with Crippen molar-refractivity contribution in [2.24, 2.45) is 0 Å². The molecule has 2 aromatic heterocycles. The van der Waals surface area contributed by atoms with Crippen LogP contribution in [-0.2, 0) is 14.3 Å². The van der Waals surface area contributed by atoms with Crippen molar-refractivity contribution in [3.63, 3.8) is 0 Å². The number of ether oxygens (including phenoxy) is 1. The van der Waals surface area contributed by atoms with Crippen molar-refractivity contribution in [3.05, 3.63) is 54.3 Å². The fourth-order valence-electron chi connectivity index (χ4n) is 3.44. The summed E-state index contributed by atoms with van der Waals surface area (Å²) in [7, 11) is 1.37. The third-order valence-corrected chi connectivity index (χ3v) is 4.96. The Bertz CT molecular complexity index is 861. The smallest absolute Gasteiger partial charge is 0.354 e. The van der Waals surface area contributed by atoms with Crippen LogP contribution in [-0.4, -0.2) is 54.0 Å². The van der Waals surface area contributed by atoms with E-state index in [1.807, 2.05) is 21.7 Å². The lowest BCUT2D eigenvalue weighted by atomic mass is 10.0. The molecule has 1 N–H and O–H groups in total. The number of rotatable bonds is 7. The molecule has 3 rings (SSSR count). The molecule has 2 aromatic rings. The van der Waals surface area contributed by atoms with Gasteiger partial charge in [-0.05, 0) is 43.2 Å². The molecule has 0 unspecified atom stereocenters. The van der Waals surface area contributed by atoms with E-state index in [2.05, 4.69) is 5.32 Å². The zero-order valence-corrected chi connectivity index (χ0v) is 16.4. The lowest BCUT2D eigenvalue weighted by molar-refractivity contribution is -0.132. The highest BCUT2D eigenvalue weighted by Gasteiger charge is 2.25. The highest BCUT2D eigenvalue weighted by Crippen LogP contribution is 2.25. The van der Waals surface area contributed by atoms with Gasteiger partial charge in [0, 0.05) is 44.4 Å². The Morgan fingerprint density at radius 1 is 1.24 bits per heavy atom. The number of hydrogen-bond donors (Lipinski definition) is 1. The molecular weight excluding hydrogens is 374 g/mol. The predicted molar refractivity (Wildman–Crippen MR) is 106 cm³/mol. The minimum Gasteiger partial charge on any atom is -0.465 e. The van der Waals surface area contributed by atoms with E-state index >= 15 is 0 Å². The van der Waals surface area contributed by atoms with E-state index in [0.29, 0.717) is 24.5 Å². The van der Waals surface area contributed by atoms with E-state index in [1.165, 1.54) is 19.4 Å². The monoisotopic (exact) mass is 399 g/mol. The topological polar surface area (TPSA) is 93.8 Å². The summed E-state index contributed by atoms with van der Waals surface area (Å²) in [6.45, 7) is 1.52. The first-order chi connectivity index (χ1) is 14.1. The molecular formula is C21H25N3O5. The number of hydrogen-bond acceptors (Lipinski definition) is 5. The van der Waals surface area contributed by atoms with Crippen molar-refractivity contribution < 1.29 is 23.5 Å². The molecule has 0 saturated carbocycles. The van der Waals surface area contributed by atoms with Gasteiger partial charge in [0.1, 0.15) is 11.5 Å². The van der Waals surface area contributed by atoms with Crippen LogP contribution >= 0.6 is 0 Å². The largest absolute Gasteiger partial charge is 0.465 e. The summed E-state index contributed by atoms with van der Waals surface area (Å²) in [5.41, 5.74) is 0.530. The van der Waals surface area contributed by atoms with Crippen LogP contribution in [0.15, 0.2) is 47.2 Å². The third-order valence-electron chi connectivity index (χ3n) is 4.96. The standard InChI is InChI=1S/C21H25N3O5/c1-28-21(27)18-5-2-12-24(18)16-9-13-23(14-10-16)20(26)8-11-22-19(25)7-6-17-4-3-15-29-17/h2-7,12,15-16H,8-11,13-14H2,1H3,(H,22,25)/b7-6+. The number of amides is 2. The molecule has 0 radical (unpaired) electrons. The van der Waals surface area contributed by atoms with Gasteiger partial charge in [-0.25, -0.2) is 4.79 Å². The number of piperidine rings is 1. The third kappa shape index (κ3) is 5.37. The van der Waals surface area contributed by atoms with Gasteiger partial charge in [0.2, 0.25) is 11.8 Å². The van der Waals surface area contributed by atoms with Crippen molar-refractivity contribution in [3.8, 4) is 0 Å². The maximum absolute atomic E-state index is 12.4. The molecule has 0 aliphatic carbocycles. The van der Waals surface area contributed by atoms with Crippen LogP contribution in [0.5, 0.6) is 0 Å². The second-order valence-corrected chi connectivity index (χ2v) is 6.79. The Hall–Kier alpha value is -3.29. The first-order valence-corrected chi connectivity index (χ1v) is 9.61. The van der Waals surface area contributed by atoms with E-state index in [9.17, 15) is 14.4 Å². The van der Waals surface area contributed by atoms with Crippen LogP contribution in [0.2, 0.25) is 0 Å². The SMILES string of the molecule is COC(=O)c1cccn1C1CCN(C(=O)CCNC(=O)/C=C/c2ccco2)CC1. The lowest BCUT2D eigenvalue weighted by Gasteiger charge is -2.33. The summed E-state index contributed by atoms with van der Waals surface area (Å²) in [5, 5.41) is 2.70. The molecule has 29 heavy (non-hydrogen) atoms. The maximum Gasteiger partial charge on any atom is 0.354 e. The number of likely N-dealkylation sites (tertiary alicyclic amines) is 1. The van der Waals surface area contributed by atoms with Gasteiger partial charge >= 0.3 is 5.97 Å². The molecule has 0 bridgehead atoms. The fraction of sp³-hybridized carbons (Fsp3) is 0.381. The van der Waals surface area contributed by atoms with E-state index in [4.69, 9.17) is 9.15 Å². The number of esters is 1. The average molecular weight is 399 g/mol. The van der Waals surface area contributed by atoms with Gasteiger partial charge in [0.15, 0.2) is 0 Å². The Kier molecular flexibility index (Phi) is 6.89. The zero-order chi connectivity index (χ0) is 20.6. The van der Waals surface area contributed by atoms with Crippen molar-refractivity contribution in [2.75, 3.05) is 26.7 Å². The van der Waals surface area contributed by atoms with Gasteiger partial charge in [-0.1, -0.05) is 0 Å². The minimum absolute atomic E-state index is 0.0134. The number of nitrogens with one attached hydrogen (secondary N) is 1. The van der Waals surface area contributed by atoms with Gasteiger partial charge < -0.3 is 23.9 Å². The summed E-state index contributed by atoms with van der Waals surface area (Å²) in [5.74, 6) is -0.0159. The van der Waals surface area contributed by atoms with Crippen molar-refractivity contribution in [1.82, 2.24) is 14.8 Å². The van der Waals surface area contributed by atoms with Crippen molar-refractivity contribution in [2.45, 2.75) is 25.3 Å². The van der Waals surface area contributed by atoms with E-state index in [1.54, 1.807) is 24.3 Å². The number of carbonyl (C=O) groups excluding carboxylic acids is 3. The summed E-state index contributed by atoms with van der Waals surface area (Å²) in [6.07, 6.45) is 8.15. The van der Waals surface area contributed by atoms with Crippen LogP contribution in [0.25, 0.3) is 6.08 Å². The quantitative estimate of drug-likeness (QED) is 0.569. The molecule has 8 heteroatoms. The van der Waals surface area contributed by atoms with Gasteiger partial charge in [0.05, 0.1) is 13.4 Å². The molecule has 0 atom stereocenters. The molecule has 154 valence electrons. The fourth-order valence-corrected chi connectivity index (χ4v) is 3.44. The number of furan rings is 1. The first kappa shape index (κ1) is 20.4. The van der Waals surface area contributed by atoms with Crippen LogP contribution in [0, 0.1) is 0 Å². The van der Waals surface area contributed by atoms with Crippen LogP contribution in [0.3, 0.4) is 0 Å². The van der Waals surface area contributed by atoms with Crippen molar-refractivity contribution in [1.29, 1.82) is 0 Å². The second kappa shape index (κ2) is 9.77. The summed E-state index contributed by atoms with van der Waals surface area (Å²) < 4.78 is 11.9. The highest BCUT2D eigenvalue weighted by molar-refractivity contribution is 5.91. The van der Waals surface area contributed by atoms with Gasteiger partial charge in [-0.15, -0.1) is 0 Å². The molecule has 1 saturated heterocycles. The Balaban J connectivity index is 1.40. The second-order valence-electron chi connectivity index (χ2n) is 6.79. The van der Waals surface area contributed by atoms with Crippen LogP contribution in [0.4, 0.5) is 0 Å². The number of carbonyl (C=O) groups is 3. The number of methoxy groups -OCH3 is 1. The zero-order valence-electron chi connectivity index (χ0n) is 16.4. The highest BCUT2D eigenvalue weighted by atomic mass is 16.5. The molecule has 2 amide bonds. The summed E-state index contributed by atoms with van der Waals surface area (Å²) in [4.78, 5) is 37.8. The number of aromatic nitrogens is 1. The summed E-state index contributed by atoms with van der Waals surface area (Å²) in [6, 6.07) is 7.22.